The first-order valence-electron chi connectivity index (χ1n) is 10.0. The Labute approximate surface area is 177 Å². The molecule has 3 rings (SSSR count). The van der Waals surface area contributed by atoms with Crippen molar-refractivity contribution in [2.75, 3.05) is 6.61 Å². The molecule has 30 heavy (non-hydrogen) atoms. The predicted octanol–water partition coefficient (Wildman–Crippen LogP) is 2.83. The summed E-state index contributed by atoms with van der Waals surface area (Å²) in [5.41, 5.74) is 1.63. The number of nitrogens with zero attached hydrogens (tertiary/aromatic N) is 2. The second kappa shape index (κ2) is 8.09. The normalized spacial score (nSPS) is 17.5. The van der Waals surface area contributed by atoms with Crippen molar-refractivity contribution in [1.29, 1.82) is 0 Å². The number of fused-ring (bicyclic) bond motifs is 1. The molecule has 0 radical (unpaired) electrons. The number of ether oxygens (including phenoxy) is 1. The fourth-order valence-electron chi connectivity index (χ4n) is 3.49. The lowest BCUT2D eigenvalue weighted by molar-refractivity contribution is -0.117. The average Bonchev–Trinajstić information content (AvgIpc) is 3.09. The molecule has 7 nitrogen and oxygen atoms in total. The van der Waals surface area contributed by atoms with Crippen LogP contribution >= 0.6 is 0 Å². The smallest absolute Gasteiger partial charge is 0.399 e. The second-order valence-electron chi connectivity index (χ2n) is 8.73. The Kier molecular flexibility index (Phi) is 6.04. The minimum absolute atomic E-state index is 0.0532. The van der Waals surface area contributed by atoms with E-state index in [1.807, 2.05) is 39.8 Å². The Morgan fingerprint density at radius 3 is 2.37 bits per heavy atom. The van der Waals surface area contributed by atoms with Crippen molar-refractivity contribution in [3.8, 4) is 0 Å². The van der Waals surface area contributed by atoms with Crippen molar-refractivity contribution in [3.63, 3.8) is 0 Å². The Morgan fingerprint density at radius 2 is 1.83 bits per heavy atom. The molecule has 1 saturated heterocycles. The fourth-order valence-corrected chi connectivity index (χ4v) is 3.49. The summed E-state index contributed by atoms with van der Waals surface area (Å²) in [5, 5.41) is 5.09. The summed E-state index contributed by atoms with van der Waals surface area (Å²) in [4.78, 5) is 24.1. The summed E-state index contributed by atoms with van der Waals surface area (Å²) >= 11 is 0. The Bertz CT molecular complexity index is 993. The lowest BCUT2D eigenvalue weighted by atomic mass is 9.77. The van der Waals surface area contributed by atoms with Gasteiger partial charge in [-0.3, -0.25) is 14.3 Å². The zero-order valence-corrected chi connectivity index (χ0v) is 18.6. The third-order valence-corrected chi connectivity index (χ3v) is 5.67. The molecule has 8 heteroatoms. The zero-order valence-electron chi connectivity index (χ0n) is 18.6. The molecule has 2 heterocycles. The van der Waals surface area contributed by atoms with Gasteiger partial charge in [-0.05, 0) is 40.1 Å². The molecule has 0 atom stereocenters. The van der Waals surface area contributed by atoms with E-state index in [1.54, 1.807) is 10.8 Å². The summed E-state index contributed by atoms with van der Waals surface area (Å²) in [7, 11) is -0.589. The maximum absolute atomic E-state index is 12.3. The van der Waals surface area contributed by atoms with Crippen LogP contribution in [-0.2, 0) is 32.0 Å². The van der Waals surface area contributed by atoms with Crippen LogP contribution in [0.15, 0.2) is 24.8 Å². The molecular formula is C22H29BN2O5. The number of aromatic nitrogens is 2. The van der Waals surface area contributed by atoms with Crippen LogP contribution in [0, 0.1) is 0 Å². The van der Waals surface area contributed by atoms with Gasteiger partial charge in [0.1, 0.15) is 5.69 Å². The predicted molar refractivity (Wildman–Crippen MR) is 116 cm³/mol. The van der Waals surface area contributed by atoms with Crippen LogP contribution in [0.25, 0.3) is 10.9 Å². The summed E-state index contributed by atoms with van der Waals surface area (Å²) < 4.78 is 19.7. The molecule has 2 aromatic rings. The highest BCUT2D eigenvalue weighted by Crippen LogP contribution is 2.37. The molecule has 0 unspecified atom stereocenters. The third-order valence-electron chi connectivity index (χ3n) is 5.67. The van der Waals surface area contributed by atoms with E-state index in [9.17, 15) is 9.59 Å². The van der Waals surface area contributed by atoms with E-state index in [4.69, 9.17) is 14.0 Å². The molecule has 0 spiro atoms. The first-order valence-corrected chi connectivity index (χ1v) is 10.0. The van der Waals surface area contributed by atoms with Gasteiger partial charge in [0.2, 0.25) is 0 Å². The molecule has 0 saturated carbocycles. The van der Waals surface area contributed by atoms with E-state index >= 15 is 0 Å². The van der Waals surface area contributed by atoms with E-state index in [2.05, 4.69) is 11.7 Å². The van der Waals surface area contributed by atoms with Gasteiger partial charge in [-0.15, -0.1) is 6.58 Å². The standard InChI is InChI=1S/C22H29BN2O5/c1-8-9-28-13-16-10-17(23-29-21(4,5)22(6,7)30-23)11-18-19(15(3)27)24-25(20(16)18)12-14(2)26/h8,10-11H,1,9,12-13H2,2-7H3. The van der Waals surface area contributed by atoms with Crippen molar-refractivity contribution in [2.45, 2.75) is 65.9 Å². The highest BCUT2D eigenvalue weighted by Gasteiger charge is 2.51. The van der Waals surface area contributed by atoms with Gasteiger partial charge in [-0.1, -0.05) is 18.2 Å². The highest BCUT2D eigenvalue weighted by atomic mass is 16.7. The maximum atomic E-state index is 12.3. The van der Waals surface area contributed by atoms with Crippen LogP contribution in [0.2, 0.25) is 0 Å². The molecule has 0 N–H and O–H groups in total. The number of carbonyl (C=O) groups is 2. The number of Topliss-reactive ketones (excluding diaryl/α,β-unsaturated/α-hetero) is 2. The van der Waals surface area contributed by atoms with Gasteiger partial charge in [0.25, 0.3) is 0 Å². The minimum Gasteiger partial charge on any atom is -0.399 e. The third kappa shape index (κ3) is 4.12. The lowest BCUT2D eigenvalue weighted by Gasteiger charge is -2.32. The van der Waals surface area contributed by atoms with Crippen LogP contribution in [-0.4, -0.2) is 46.3 Å². The molecule has 1 aromatic heterocycles. The quantitative estimate of drug-likeness (QED) is 0.287. The summed E-state index contributed by atoms with van der Waals surface area (Å²) in [6.07, 6.45) is 1.67. The zero-order chi connectivity index (χ0) is 22.3. The molecular weight excluding hydrogens is 383 g/mol. The molecule has 160 valence electrons. The van der Waals surface area contributed by atoms with Gasteiger partial charge in [-0.25, -0.2) is 0 Å². The molecule has 1 aliphatic heterocycles. The summed E-state index contributed by atoms with van der Waals surface area (Å²) in [5.74, 6) is -0.228. The monoisotopic (exact) mass is 412 g/mol. The van der Waals surface area contributed by atoms with Crippen LogP contribution in [0.5, 0.6) is 0 Å². The number of carbonyl (C=O) groups excluding carboxylic acids is 2. The Hall–Kier alpha value is -2.29. The SMILES string of the molecule is C=CCOCc1cc(B2OC(C)(C)C(C)(C)O2)cc2c(C(C)=O)nn(CC(C)=O)c12. The van der Waals surface area contributed by atoms with E-state index in [0.29, 0.717) is 23.2 Å². The molecule has 1 aliphatic rings. The van der Waals surface area contributed by atoms with Crippen LogP contribution < -0.4 is 5.46 Å². The van der Waals surface area contributed by atoms with Crippen LogP contribution in [0.4, 0.5) is 0 Å². The van der Waals surface area contributed by atoms with Crippen LogP contribution in [0.1, 0.15) is 57.6 Å². The van der Waals surface area contributed by atoms with Crippen molar-refractivity contribution in [3.05, 3.63) is 36.0 Å². The number of rotatable bonds is 8. The Balaban J connectivity index is 2.18. The van der Waals surface area contributed by atoms with Gasteiger partial charge in [0.05, 0.1) is 36.5 Å². The first kappa shape index (κ1) is 22.4. The minimum atomic E-state index is -0.589. The first-order chi connectivity index (χ1) is 14.0. The maximum Gasteiger partial charge on any atom is 0.494 e. The largest absolute Gasteiger partial charge is 0.494 e. The summed E-state index contributed by atoms with van der Waals surface area (Å²) in [6, 6.07) is 3.81. The average molecular weight is 412 g/mol. The second-order valence-corrected chi connectivity index (χ2v) is 8.73. The van der Waals surface area contributed by atoms with Gasteiger partial charge in [-0.2, -0.15) is 5.10 Å². The molecule has 0 amide bonds. The van der Waals surface area contributed by atoms with Crippen molar-refractivity contribution >= 4 is 35.1 Å². The Morgan fingerprint density at radius 1 is 1.20 bits per heavy atom. The van der Waals surface area contributed by atoms with E-state index in [1.165, 1.54) is 13.8 Å². The van der Waals surface area contributed by atoms with Crippen molar-refractivity contribution in [2.24, 2.45) is 0 Å². The topological polar surface area (TPSA) is 79.7 Å². The molecule has 0 bridgehead atoms. The van der Waals surface area contributed by atoms with Crippen LogP contribution in [0.3, 0.4) is 0 Å². The number of hydrogen-bond acceptors (Lipinski definition) is 6. The van der Waals surface area contributed by atoms with Crippen molar-refractivity contribution in [1.82, 2.24) is 9.78 Å². The molecule has 1 fully saturated rings. The van der Waals surface area contributed by atoms with Gasteiger partial charge < -0.3 is 14.0 Å². The van der Waals surface area contributed by atoms with Gasteiger partial charge >= 0.3 is 7.12 Å². The molecule has 0 aliphatic carbocycles. The fraction of sp³-hybridized carbons (Fsp3) is 0.500. The molecule has 1 aromatic carbocycles. The number of ketones is 2. The lowest BCUT2D eigenvalue weighted by Crippen LogP contribution is -2.41. The summed E-state index contributed by atoms with van der Waals surface area (Å²) in [6.45, 7) is 15.3. The van der Waals surface area contributed by atoms with Gasteiger partial charge in [0.15, 0.2) is 11.6 Å². The van der Waals surface area contributed by atoms with Gasteiger partial charge in [0, 0.05) is 17.9 Å². The number of hydrogen-bond donors (Lipinski definition) is 0. The van der Waals surface area contributed by atoms with E-state index in [-0.39, 0.29) is 24.7 Å². The highest BCUT2D eigenvalue weighted by molar-refractivity contribution is 6.62. The van der Waals surface area contributed by atoms with E-state index < -0.39 is 18.3 Å². The van der Waals surface area contributed by atoms with E-state index in [0.717, 1.165) is 11.0 Å². The van der Waals surface area contributed by atoms with Crippen molar-refractivity contribution < 1.29 is 23.6 Å². The number of benzene rings is 1.